The second-order valence-corrected chi connectivity index (χ2v) is 3.01. The SMILES string of the molecule is O=C1NC(=O)c2c1ccc(Cl)c2O. The van der Waals surface area contributed by atoms with Gasteiger partial charge in [-0.05, 0) is 12.1 Å². The summed E-state index contributed by atoms with van der Waals surface area (Å²) in [4.78, 5) is 22.2. The Kier molecular flexibility index (Phi) is 1.53. The fourth-order valence-corrected chi connectivity index (χ4v) is 1.38. The van der Waals surface area contributed by atoms with Crippen molar-refractivity contribution in [3.05, 3.63) is 28.3 Å². The van der Waals surface area contributed by atoms with E-state index in [1.54, 1.807) is 0 Å². The molecule has 0 unspecified atom stereocenters. The predicted molar refractivity (Wildman–Crippen MR) is 44.9 cm³/mol. The minimum Gasteiger partial charge on any atom is -0.506 e. The Morgan fingerprint density at radius 3 is 2.62 bits per heavy atom. The summed E-state index contributed by atoms with van der Waals surface area (Å²) in [5.74, 6) is -1.46. The van der Waals surface area contributed by atoms with Crippen LogP contribution >= 0.6 is 11.6 Å². The van der Waals surface area contributed by atoms with E-state index in [0.29, 0.717) is 0 Å². The molecule has 0 saturated carbocycles. The van der Waals surface area contributed by atoms with E-state index in [4.69, 9.17) is 11.6 Å². The van der Waals surface area contributed by atoms with Crippen LogP contribution in [0.3, 0.4) is 0 Å². The van der Waals surface area contributed by atoms with Crippen LogP contribution in [0.5, 0.6) is 5.75 Å². The number of hydrogen-bond acceptors (Lipinski definition) is 3. The van der Waals surface area contributed by atoms with Crippen molar-refractivity contribution in [2.75, 3.05) is 0 Å². The third kappa shape index (κ3) is 0.990. The first-order chi connectivity index (χ1) is 6.11. The summed E-state index contributed by atoms with van der Waals surface area (Å²) in [6, 6.07) is 2.77. The maximum Gasteiger partial charge on any atom is 0.262 e. The summed E-state index contributed by atoms with van der Waals surface area (Å²) >= 11 is 5.56. The summed E-state index contributed by atoms with van der Waals surface area (Å²) in [6.07, 6.45) is 0. The number of amides is 2. The summed E-state index contributed by atoms with van der Waals surface area (Å²) < 4.78 is 0. The van der Waals surface area contributed by atoms with Crippen molar-refractivity contribution < 1.29 is 14.7 Å². The van der Waals surface area contributed by atoms with E-state index in [-0.39, 0.29) is 21.9 Å². The van der Waals surface area contributed by atoms with Gasteiger partial charge in [-0.15, -0.1) is 0 Å². The molecule has 1 aromatic rings. The van der Waals surface area contributed by atoms with Crippen LogP contribution in [-0.2, 0) is 0 Å². The van der Waals surface area contributed by atoms with Crippen LogP contribution in [0.2, 0.25) is 5.02 Å². The zero-order valence-corrected chi connectivity index (χ0v) is 7.05. The summed E-state index contributed by atoms with van der Waals surface area (Å²) in [7, 11) is 0. The van der Waals surface area contributed by atoms with Crippen molar-refractivity contribution in [2.45, 2.75) is 0 Å². The molecule has 0 aliphatic carbocycles. The average molecular weight is 198 g/mol. The van der Waals surface area contributed by atoms with Crippen LogP contribution in [0.25, 0.3) is 0 Å². The van der Waals surface area contributed by atoms with Gasteiger partial charge in [0.15, 0.2) is 0 Å². The Morgan fingerprint density at radius 1 is 1.23 bits per heavy atom. The number of halogens is 1. The van der Waals surface area contributed by atoms with Gasteiger partial charge in [0, 0.05) is 0 Å². The first-order valence-electron chi connectivity index (χ1n) is 3.48. The first-order valence-corrected chi connectivity index (χ1v) is 3.86. The minimum absolute atomic E-state index is 0.0440. The molecule has 1 aliphatic rings. The van der Waals surface area contributed by atoms with E-state index in [9.17, 15) is 14.7 Å². The van der Waals surface area contributed by atoms with Crippen LogP contribution < -0.4 is 5.32 Å². The molecule has 66 valence electrons. The number of aromatic hydroxyl groups is 1. The van der Waals surface area contributed by atoms with E-state index in [2.05, 4.69) is 5.32 Å². The standard InChI is InChI=1S/C8H4ClNO3/c9-4-2-1-3-5(6(4)11)8(13)10-7(3)12/h1-2,11H,(H,10,12,13). The van der Waals surface area contributed by atoms with E-state index < -0.39 is 11.8 Å². The Labute approximate surface area is 78.1 Å². The normalized spacial score (nSPS) is 14.2. The third-order valence-electron chi connectivity index (χ3n) is 1.83. The maximum atomic E-state index is 11.1. The third-order valence-corrected chi connectivity index (χ3v) is 2.13. The Bertz CT molecular complexity index is 428. The quantitative estimate of drug-likeness (QED) is 0.608. The van der Waals surface area contributed by atoms with E-state index in [1.165, 1.54) is 12.1 Å². The first kappa shape index (κ1) is 8.07. The van der Waals surface area contributed by atoms with Crippen molar-refractivity contribution in [3.63, 3.8) is 0 Å². The van der Waals surface area contributed by atoms with E-state index in [1.807, 2.05) is 0 Å². The smallest absolute Gasteiger partial charge is 0.262 e. The number of imide groups is 1. The topological polar surface area (TPSA) is 66.4 Å². The van der Waals surface area contributed by atoms with Crippen molar-refractivity contribution in [3.8, 4) is 5.75 Å². The van der Waals surface area contributed by atoms with Crippen LogP contribution in [0.15, 0.2) is 12.1 Å². The molecule has 0 radical (unpaired) electrons. The summed E-state index contributed by atoms with van der Waals surface area (Å²) in [5.41, 5.74) is 0.115. The lowest BCUT2D eigenvalue weighted by Gasteiger charge is -1.99. The van der Waals surface area contributed by atoms with E-state index >= 15 is 0 Å². The highest BCUT2D eigenvalue weighted by atomic mass is 35.5. The largest absolute Gasteiger partial charge is 0.506 e. The molecule has 1 aliphatic heterocycles. The Morgan fingerprint density at radius 2 is 1.92 bits per heavy atom. The molecule has 2 N–H and O–H groups in total. The van der Waals surface area contributed by atoms with Gasteiger partial charge in [-0.1, -0.05) is 11.6 Å². The molecule has 1 aromatic carbocycles. The van der Waals surface area contributed by atoms with E-state index in [0.717, 1.165) is 0 Å². The molecule has 1 heterocycles. The zero-order valence-electron chi connectivity index (χ0n) is 6.30. The summed E-state index contributed by atoms with van der Waals surface area (Å²) in [6.45, 7) is 0. The molecule has 4 nitrogen and oxygen atoms in total. The monoisotopic (exact) mass is 197 g/mol. The fraction of sp³-hybridized carbons (Fsp3) is 0. The number of rotatable bonds is 0. The zero-order chi connectivity index (χ0) is 9.59. The summed E-state index contributed by atoms with van der Waals surface area (Å²) in [5, 5.41) is 11.5. The highest BCUT2D eigenvalue weighted by molar-refractivity contribution is 6.34. The lowest BCUT2D eigenvalue weighted by Crippen LogP contribution is -2.19. The number of phenolic OH excluding ortho intramolecular Hbond substituents is 1. The number of carbonyl (C=O) groups excluding carboxylic acids is 2. The molecule has 0 aromatic heterocycles. The Balaban J connectivity index is 2.78. The van der Waals surface area contributed by atoms with Gasteiger partial charge < -0.3 is 5.11 Å². The number of carbonyl (C=O) groups is 2. The number of phenols is 1. The number of benzene rings is 1. The molecule has 0 fully saturated rings. The van der Waals surface area contributed by atoms with Crippen LogP contribution in [0, 0.1) is 0 Å². The van der Waals surface area contributed by atoms with Crippen LogP contribution in [-0.4, -0.2) is 16.9 Å². The minimum atomic E-state index is -0.611. The highest BCUT2D eigenvalue weighted by Crippen LogP contribution is 2.32. The Hall–Kier alpha value is -1.55. The van der Waals surface area contributed by atoms with Gasteiger partial charge in [-0.25, -0.2) is 0 Å². The van der Waals surface area contributed by atoms with Gasteiger partial charge in [-0.3, -0.25) is 14.9 Å². The molecule has 2 rings (SSSR count). The van der Waals surface area contributed by atoms with Gasteiger partial charge in [0.05, 0.1) is 16.1 Å². The molecular weight excluding hydrogens is 194 g/mol. The predicted octanol–water partition coefficient (Wildman–Crippen LogP) is 0.929. The van der Waals surface area contributed by atoms with Gasteiger partial charge in [-0.2, -0.15) is 0 Å². The van der Waals surface area contributed by atoms with Gasteiger partial charge in [0.25, 0.3) is 11.8 Å². The molecule has 13 heavy (non-hydrogen) atoms. The van der Waals surface area contributed by atoms with Gasteiger partial charge >= 0.3 is 0 Å². The number of fused-ring (bicyclic) bond motifs is 1. The molecule has 0 spiro atoms. The van der Waals surface area contributed by atoms with Crippen molar-refractivity contribution in [1.82, 2.24) is 5.32 Å². The van der Waals surface area contributed by atoms with Crippen molar-refractivity contribution in [1.29, 1.82) is 0 Å². The average Bonchev–Trinajstić information content (AvgIpc) is 2.35. The lowest BCUT2D eigenvalue weighted by atomic mass is 10.1. The van der Waals surface area contributed by atoms with Crippen LogP contribution in [0.1, 0.15) is 20.7 Å². The molecule has 0 atom stereocenters. The molecule has 5 heteroatoms. The molecule has 2 amide bonds. The fourth-order valence-electron chi connectivity index (χ4n) is 1.22. The van der Waals surface area contributed by atoms with Gasteiger partial charge in [0.2, 0.25) is 0 Å². The lowest BCUT2D eigenvalue weighted by molar-refractivity contribution is 0.0879. The van der Waals surface area contributed by atoms with Crippen molar-refractivity contribution >= 4 is 23.4 Å². The van der Waals surface area contributed by atoms with Crippen molar-refractivity contribution in [2.24, 2.45) is 0 Å². The number of nitrogens with one attached hydrogen (secondary N) is 1. The molecule has 0 bridgehead atoms. The number of hydrogen-bond donors (Lipinski definition) is 2. The van der Waals surface area contributed by atoms with Crippen LogP contribution in [0.4, 0.5) is 0 Å². The maximum absolute atomic E-state index is 11.1. The second-order valence-electron chi connectivity index (χ2n) is 2.60. The second kappa shape index (κ2) is 2.47. The van der Waals surface area contributed by atoms with Gasteiger partial charge in [0.1, 0.15) is 5.75 Å². The highest BCUT2D eigenvalue weighted by Gasteiger charge is 2.30. The molecule has 0 saturated heterocycles. The molecular formula is C8H4ClNO3.